The van der Waals surface area contributed by atoms with Crippen molar-refractivity contribution in [2.24, 2.45) is 0 Å². The predicted molar refractivity (Wildman–Crippen MR) is 77.3 cm³/mol. The highest BCUT2D eigenvalue weighted by atomic mass is 32.2. The van der Waals surface area contributed by atoms with Crippen molar-refractivity contribution < 1.29 is 23.1 Å². The number of carbonyl (C=O) groups is 2. The quantitative estimate of drug-likeness (QED) is 0.620. The molecule has 116 valence electrons. The number of rotatable bonds is 2. The number of aromatic nitrogens is 1. The summed E-state index contributed by atoms with van der Waals surface area (Å²) in [5.41, 5.74) is 0.521. The first-order valence-corrected chi connectivity index (χ1v) is 8.16. The third-order valence-corrected chi connectivity index (χ3v) is 6.95. The summed E-state index contributed by atoms with van der Waals surface area (Å²) in [4.78, 5) is 28.6. The Morgan fingerprint density at radius 3 is 2.64 bits per heavy atom. The van der Waals surface area contributed by atoms with Crippen molar-refractivity contribution in [3.63, 3.8) is 0 Å². The molecule has 0 aliphatic carbocycles. The second kappa shape index (κ2) is 4.39. The van der Waals surface area contributed by atoms with Gasteiger partial charge in [-0.05, 0) is 32.1 Å². The van der Waals surface area contributed by atoms with Crippen LogP contribution in [0.5, 0.6) is 0 Å². The van der Waals surface area contributed by atoms with Gasteiger partial charge in [0.15, 0.2) is 21.3 Å². The van der Waals surface area contributed by atoms with E-state index < -0.39 is 37.9 Å². The molecule has 2 atom stereocenters. The smallest absolute Gasteiger partial charge is 0.328 e. The molecule has 2 aliphatic rings. The number of carboxylic acids is 1. The van der Waals surface area contributed by atoms with Gasteiger partial charge in [0.25, 0.3) is 5.91 Å². The van der Waals surface area contributed by atoms with Gasteiger partial charge in [-0.2, -0.15) is 0 Å². The molecule has 2 saturated heterocycles. The number of carboxylic acid groups (broad SMARTS) is 1. The van der Waals surface area contributed by atoms with Crippen molar-refractivity contribution in [1.82, 2.24) is 9.88 Å². The van der Waals surface area contributed by atoms with Gasteiger partial charge in [-0.1, -0.05) is 6.07 Å². The fraction of sp³-hybridized carbons (Fsp3) is 0.357. The lowest BCUT2D eigenvalue weighted by Crippen LogP contribution is -2.58. The summed E-state index contributed by atoms with van der Waals surface area (Å²) < 4.78 is 23.7. The van der Waals surface area contributed by atoms with Crippen LogP contribution in [-0.4, -0.2) is 51.4 Å². The molecule has 2 aliphatic heterocycles. The van der Waals surface area contributed by atoms with Crippen LogP contribution >= 0.6 is 0 Å². The van der Waals surface area contributed by atoms with Crippen molar-refractivity contribution in [3.05, 3.63) is 35.7 Å². The van der Waals surface area contributed by atoms with Gasteiger partial charge in [0.05, 0.1) is 11.3 Å². The Hall–Kier alpha value is -2.22. The van der Waals surface area contributed by atoms with Gasteiger partial charge >= 0.3 is 5.97 Å². The van der Waals surface area contributed by atoms with Crippen molar-refractivity contribution in [1.29, 1.82) is 0 Å². The number of carbonyl (C=O) groups excluding carboxylic acids is 1. The van der Waals surface area contributed by atoms with E-state index in [9.17, 15) is 23.1 Å². The van der Waals surface area contributed by atoms with Gasteiger partial charge in [0.1, 0.15) is 4.75 Å². The highest BCUT2D eigenvalue weighted by molar-refractivity contribution is 7.94. The molecule has 3 rings (SSSR count). The molecule has 0 aromatic carbocycles. The lowest BCUT2D eigenvalue weighted by Gasteiger charge is -2.37. The minimum Gasteiger partial charge on any atom is -0.480 e. The van der Waals surface area contributed by atoms with E-state index in [1.807, 2.05) is 0 Å². The van der Waals surface area contributed by atoms with Crippen LogP contribution in [0.25, 0.3) is 6.08 Å². The Kier molecular flexibility index (Phi) is 2.93. The van der Waals surface area contributed by atoms with Crippen LogP contribution in [-0.2, 0) is 19.4 Å². The van der Waals surface area contributed by atoms with Gasteiger partial charge in [-0.3, -0.25) is 9.78 Å². The van der Waals surface area contributed by atoms with Crippen LogP contribution in [0, 0.1) is 0 Å². The minimum atomic E-state index is -3.83. The lowest BCUT2D eigenvalue weighted by molar-refractivity contribution is -0.152. The SMILES string of the molecule is CC1(C)[C@H](C(=O)O)N2C(=O)/C(=C/c3ccccn3)[C@H]2S1(=O)=O. The Morgan fingerprint density at radius 1 is 1.41 bits per heavy atom. The number of amides is 1. The molecule has 1 aromatic rings. The summed E-state index contributed by atoms with van der Waals surface area (Å²) in [6.45, 7) is 2.68. The van der Waals surface area contributed by atoms with E-state index in [1.54, 1.807) is 18.2 Å². The number of pyridine rings is 1. The Morgan fingerprint density at radius 2 is 2.09 bits per heavy atom. The number of β-lactam (4-membered cyclic amide) rings is 1. The first kappa shape index (κ1) is 14.7. The summed E-state index contributed by atoms with van der Waals surface area (Å²) >= 11 is 0. The number of hydrogen-bond donors (Lipinski definition) is 1. The number of sulfone groups is 1. The first-order chi connectivity index (χ1) is 10.2. The zero-order chi connectivity index (χ0) is 16.3. The first-order valence-electron chi connectivity index (χ1n) is 6.61. The summed E-state index contributed by atoms with van der Waals surface area (Å²) in [6.07, 6.45) is 2.93. The average Bonchev–Trinajstić information content (AvgIpc) is 2.59. The maximum absolute atomic E-state index is 12.6. The van der Waals surface area contributed by atoms with Gasteiger partial charge in [-0.25, -0.2) is 13.2 Å². The second-order valence-corrected chi connectivity index (χ2v) is 8.40. The van der Waals surface area contributed by atoms with E-state index in [0.717, 1.165) is 4.90 Å². The fourth-order valence-corrected chi connectivity index (χ4v) is 5.08. The third-order valence-electron chi connectivity index (χ3n) is 4.19. The van der Waals surface area contributed by atoms with E-state index >= 15 is 0 Å². The van der Waals surface area contributed by atoms with Crippen LogP contribution in [0.1, 0.15) is 19.5 Å². The number of hydrogen-bond acceptors (Lipinski definition) is 5. The van der Waals surface area contributed by atoms with Crippen molar-refractivity contribution in [2.75, 3.05) is 0 Å². The molecule has 1 N–H and O–H groups in total. The molecule has 0 bridgehead atoms. The normalized spacial score (nSPS) is 30.0. The fourth-order valence-electron chi connectivity index (χ4n) is 2.96. The summed E-state index contributed by atoms with van der Waals surface area (Å²) in [5, 5.41) is 8.10. The molecule has 8 heteroatoms. The molecule has 3 heterocycles. The van der Waals surface area contributed by atoms with Crippen LogP contribution in [0.3, 0.4) is 0 Å². The molecule has 0 unspecified atom stereocenters. The highest BCUT2D eigenvalue weighted by Gasteiger charge is 2.70. The van der Waals surface area contributed by atoms with E-state index in [0.29, 0.717) is 5.69 Å². The third kappa shape index (κ3) is 1.67. The maximum Gasteiger partial charge on any atom is 0.328 e. The van der Waals surface area contributed by atoms with Crippen LogP contribution in [0.15, 0.2) is 30.0 Å². The second-order valence-electron chi connectivity index (χ2n) is 5.81. The zero-order valence-electron chi connectivity index (χ0n) is 11.9. The van der Waals surface area contributed by atoms with Crippen molar-refractivity contribution in [3.8, 4) is 0 Å². The molecular formula is C14H14N2O5S. The zero-order valence-corrected chi connectivity index (χ0v) is 12.7. The number of nitrogens with zero attached hydrogens (tertiary/aromatic N) is 2. The van der Waals surface area contributed by atoms with Gasteiger partial charge in [0, 0.05) is 6.20 Å². The topological polar surface area (TPSA) is 105 Å². The molecule has 1 amide bonds. The van der Waals surface area contributed by atoms with Gasteiger partial charge in [-0.15, -0.1) is 0 Å². The average molecular weight is 322 g/mol. The molecule has 0 radical (unpaired) electrons. The van der Waals surface area contributed by atoms with E-state index in [2.05, 4.69) is 4.98 Å². The Bertz CT molecular complexity index is 798. The molecule has 0 saturated carbocycles. The summed E-state index contributed by atoms with van der Waals surface area (Å²) in [6, 6.07) is 3.68. The summed E-state index contributed by atoms with van der Waals surface area (Å²) in [7, 11) is -3.83. The van der Waals surface area contributed by atoms with Crippen molar-refractivity contribution in [2.45, 2.75) is 30.0 Å². The number of fused-ring (bicyclic) bond motifs is 1. The molecule has 1 aromatic heterocycles. The monoisotopic (exact) mass is 322 g/mol. The molecule has 2 fully saturated rings. The number of aliphatic carboxylic acids is 1. The molecule has 22 heavy (non-hydrogen) atoms. The molecule has 0 spiro atoms. The van der Waals surface area contributed by atoms with Crippen molar-refractivity contribution >= 4 is 27.8 Å². The largest absolute Gasteiger partial charge is 0.480 e. The molecule has 7 nitrogen and oxygen atoms in total. The van der Waals surface area contributed by atoms with Crippen LogP contribution in [0.4, 0.5) is 0 Å². The lowest BCUT2D eigenvalue weighted by atomic mass is 9.95. The molecular weight excluding hydrogens is 308 g/mol. The van der Waals surface area contributed by atoms with Crippen LogP contribution < -0.4 is 0 Å². The van der Waals surface area contributed by atoms with E-state index in [-0.39, 0.29) is 5.57 Å². The highest BCUT2D eigenvalue weighted by Crippen LogP contribution is 2.48. The predicted octanol–water partition coefficient (Wildman–Crippen LogP) is 0.294. The Balaban J connectivity index is 2.11. The summed E-state index contributed by atoms with van der Waals surface area (Å²) in [5.74, 6) is -1.89. The van der Waals surface area contributed by atoms with E-state index in [4.69, 9.17) is 0 Å². The van der Waals surface area contributed by atoms with Gasteiger partial charge < -0.3 is 10.0 Å². The minimum absolute atomic E-state index is 0.0653. The Labute approximate surface area is 127 Å². The van der Waals surface area contributed by atoms with Crippen LogP contribution in [0.2, 0.25) is 0 Å². The van der Waals surface area contributed by atoms with E-state index in [1.165, 1.54) is 26.1 Å². The maximum atomic E-state index is 12.6. The standard InChI is InChI=1S/C14H14N2O5S/c1-14(2)10(13(18)19)16-11(17)9(12(16)22(14,20)21)7-8-5-3-4-6-15-8/h3-7,10,12H,1-2H3,(H,18,19)/b9-7-/t10-,12+/m0/s1. The van der Waals surface area contributed by atoms with Gasteiger partial charge in [0.2, 0.25) is 0 Å².